The molecule has 1 aromatic heterocycles. The normalized spacial score (nSPS) is 11.4. The Morgan fingerprint density at radius 3 is 2.87 bits per heavy atom. The van der Waals surface area contributed by atoms with Crippen LogP contribution in [0.5, 0.6) is 5.75 Å². The fourth-order valence-corrected chi connectivity index (χ4v) is 2.31. The molecule has 3 rings (SSSR count). The summed E-state index contributed by atoms with van der Waals surface area (Å²) >= 11 is 0. The molecule has 2 N–H and O–H groups in total. The number of aromatic hydroxyl groups is 1. The maximum Gasteiger partial charge on any atom is 0.259 e. The molecule has 0 fully saturated rings. The van der Waals surface area contributed by atoms with Gasteiger partial charge in [-0.1, -0.05) is 23.8 Å². The minimum absolute atomic E-state index is 0.103. The first kappa shape index (κ1) is 14.5. The standard InChI is InChI=1S/C18H13N3O2/c1-11-5-6-16-15(7-11)18(23)21-17(20-16)13(10-19)8-12-3-2-4-14(22)9-12/h2-9,22H,1H3,(H,20,21,23). The van der Waals surface area contributed by atoms with Gasteiger partial charge in [0, 0.05) is 0 Å². The number of hydrogen-bond donors (Lipinski definition) is 2. The second-order valence-corrected chi connectivity index (χ2v) is 5.20. The number of nitrogens with zero attached hydrogens (tertiary/aromatic N) is 2. The van der Waals surface area contributed by atoms with Crippen LogP contribution in [0.25, 0.3) is 22.6 Å². The Hall–Kier alpha value is -3.39. The maximum absolute atomic E-state index is 12.2. The predicted molar refractivity (Wildman–Crippen MR) is 88.7 cm³/mol. The number of phenols is 1. The Morgan fingerprint density at radius 1 is 1.30 bits per heavy atom. The molecule has 0 bridgehead atoms. The van der Waals surface area contributed by atoms with E-state index in [1.807, 2.05) is 19.1 Å². The first-order valence-electron chi connectivity index (χ1n) is 6.99. The lowest BCUT2D eigenvalue weighted by Crippen LogP contribution is -2.11. The molecule has 5 heteroatoms. The van der Waals surface area contributed by atoms with Gasteiger partial charge in [-0.05, 0) is 42.8 Å². The minimum atomic E-state index is -0.286. The predicted octanol–water partition coefficient (Wildman–Crippen LogP) is 3.00. The van der Waals surface area contributed by atoms with Crippen LogP contribution < -0.4 is 5.56 Å². The molecular formula is C18H13N3O2. The number of nitrogens with one attached hydrogen (secondary N) is 1. The highest BCUT2D eigenvalue weighted by Gasteiger charge is 2.08. The Labute approximate surface area is 132 Å². The zero-order chi connectivity index (χ0) is 16.4. The van der Waals surface area contributed by atoms with Crippen LogP contribution in [0, 0.1) is 18.3 Å². The maximum atomic E-state index is 12.2. The van der Waals surface area contributed by atoms with Gasteiger partial charge in [0.2, 0.25) is 0 Å². The van der Waals surface area contributed by atoms with E-state index in [0.29, 0.717) is 16.5 Å². The number of aromatic nitrogens is 2. The number of hydrogen-bond acceptors (Lipinski definition) is 4. The molecule has 0 aliphatic carbocycles. The lowest BCUT2D eigenvalue weighted by molar-refractivity contribution is 0.475. The topological polar surface area (TPSA) is 89.8 Å². The first-order valence-corrected chi connectivity index (χ1v) is 6.99. The third kappa shape index (κ3) is 2.97. The van der Waals surface area contributed by atoms with Crippen LogP contribution in [0.15, 0.2) is 47.3 Å². The monoisotopic (exact) mass is 303 g/mol. The van der Waals surface area contributed by atoms with E-state index in [-0.39, 0.29) is 22.7 Å². The summed E-state index contributed by atoms with van der Waals surface area (Å²) in [6, 6.07) is 13.9. The van der Waals surface area contributed by atoms with Crippen LogP contribution in [-0.2, 0) is 0 Å². The molecule has 2 aromatic carbocycles. The molecule has 0 aliphatic heterocycles. The van der Waals surface area contributed by atoms with E-state index in [1.165, 1.54) is 6.07 Å². The Bertz CT molecular complexity index is 1030. The summed E-state index contributed by atoms with van der Waals surface area (Å²) in [7, 11) is 0. The average molecular weight is 303 g/mol. The van der Waals surface area contributed by atoms with E-state index in [2.05, 4.69) is 9.97 Å². The number of benzene rings is 2. The number of aromatic amines is 1. The van der Waals surface area contributed by atoms with Crippen molar-refractivity contribution in [3.05, 3.63) is 69.8 Å². The number of aryl methyl sites for hydroxylation is 1. The van der Waals surface area contributed by atoms with Gasteiger partial charge in [-0.15, -0.1) is 0 Å². The van der Waals surface area contributed by atoms with E-state index in [0.717, 1.165) is 5.56 Å². The molecule has 23 heavy (non-hydrogen) atoms. The highest BCUT2D eigenvalue weighted by atomic mass is 16.3. The molecule has 1 heterocycles. The summed E-state index contributed by atoms with van der Waals surface area (Å²) < 4.78 is 0. The van der Waals surface area contributed by atoms with Crippen LogP contribution >= 0.6 is 0 Å². The number of H-pyrrole nitrogens is 1. The number of rotatable bonds is 2. The summed E-state index contributed by atoms with van der Waals surface area (Å²) in [4.78, 5) is 19.2. The van der Waals surface area contributed by atoms with Gasteiger partial charge >= 0.3 is 0 Å². The summed E-state index contributed by atoms with van der Waals surface area (Å²) in [5, 5.41) is 19.4. The summed E-state index contributed by atoms with van der Waals surface area (Å²) in [6.07, 6.45) is 1.57. The van der Waals surface area contributed by atoms with Crippen LogP contribution in [0.1, 0.15) is 17.0 Å². The van der Waals surface area contributed by atoms with Gasteiger partial charge in [-0.3, -0.25) is 4.79 Å². The largest absolute Gasteiger partial charge is 0.508 e. The van der Waals surface area contributed by atoms with Crippen molar-refractivity contribution in [3.63, 3.8) is 0 Å². The van der Waals surface area contributed by atoms with Crippen LogP contribution in [0.3, 0.4) is 0 Å². The van der Waals surface area contributed by atoms with E-state index in [4.69, 9.17) is 0 Å². The Balaban J connectivity index is 2.16. The lowest BCUT2D eigenvalue weighted by Gasteiger charge is -2.03. The number of fused-ring (bicyclic) bond motifs is 1. The Morgan fingerprint density at radius 2 is 2.13 bits per heavy atom. The van der Waals surface area contributed by atoms with Gasteiger partial charge < -0.3 is 10.1 Å². The number of nitriles is 1. The molecule has 0 saturated carbocycles. The molecule has 5 nitrogen and oxygen atoms in total. The molecule has 3 aromatic rings. The molecular weight excluding hydrogens is 290 g/mol. The highest BCUT2D eigenvalue weighted by molar-refractivity contribution is 5.89. The second kappa shape index (κ2) is 5.78. The number of allylic oxidation sites excluding steroid dienone is 1. The van der Waals surface area contributed by atoms with E-state index < -0.39 is 0 Å². The van der Waals surface area contributed by atoms with Gasteiger partial charge in [0.1, 0.15) is 11.8 Å². The van der Waals surface area contributed by atoms with Crippen LogP contribution in [0.2, 0.25) is 0 Å². The number of phenolic OH excluding ortho intramolecular Hbond substituents is 1. The minimum Gasteiger partial charge on any atom is -0.508 e. The highest BCUT2D eigenvalue weighted by Crippen LogP contribution is 2.18. The third-order valence-corrected chi connectivity index (χ3v) is 3.42. The lowest BCUT2D eigenvalue weighted by atomic mass is 10.1. The van der Waals surface area contributed by atoms with Crippen LogP contribution in [-0.4, -0.2) is 15.1 Å². The SMILES string of the molecule is Cc1ccc2nc(C(C#N)=Cc3cccc(O)c3)[nH]c(=O)c2c1. The molecule has 0 atom stereocenters. The van der Waals surface area contributed by atoms with E-state index >= 15 is 0 Å². The fourth-order valence-electron chi connectivity index (χ4n) is 2.31. The fraction of sp³-hybridized carbons (Fsp3) is 0.0556. The molecule has 0 unspecified atom stereocenters. The molecule has 0 spiro atoms. The van der Waals surface area contributed by atoms with Crippen molar-refractivity contribution >= 4 is 22.6 Å². The smallest absolute Gasteiger partial charge is 0.259 e. The van der Waals surface area contributed by atoms with Gasteiger partial charge in [0.25, 0.3) is 5.56 Å². The zero-order valence-corrected chi connectivity index (χ0v) is 12.4. The van der Waals surface area contributed by atoms with E-state index in [1.54, 1.807) is 36.4 Å². The first-order chi connectivity index (χ1) is 11.1. The van der Waals surface area contributed by atoms with Crippen LogP contribution in [0.4, 0.5) is 0 Å². The quantitative estimate of drug-likeness (QED) is 0.712. The molecule has 0 saturated heterocycles. The van der Waals surface area contributed by atoms with Crippen molar-refractivity contribution in [2.45, 2.75) is 6.92 Å². The van der Waals surface area contributed by atoms with E-state index in [9.17, 15) is 15.2 Å². The van der Waals surface area contributed by atoms with Crippen molar-refractivity contribution in [1.29, 1.82) is 5.26 Å². The Kier molecular flexibility index (Phi) is 3.65. The van der Waals surface area contributed by atoms with Crippen molar-refractivity contribution in [1.82, 2.24) is 9.97 Å². The molecule has 0 amide bonds. The van der Waals surface area contributed by atoms with Crippen molar-refractivity contribution < 1.29 is 5.11 Å². The average Bonchev–Trinajstić information content (AvgIpc) is 2.53. The van der Waals surface area contributed by atoms with Gasteiger partial charge in [-0.25, -0.2) is 4.98 Å². The third-order valence-electron chi connectivity index (χ3n) is 3.42. The molecule has 0 aliphatic rings. The van der Waals surface area contributed by atoms with Crippen molar-refractivity contribution in [3.8, 4) is 11.8 Å². The molecule has 0 radical (unpaired) electrons. The zero-order valence-electron chi connectivity index (χ0n) is 12.4. The van der Waals surface area contributed by atoms with Gasteiger partial charge in [0.05, 0.1) is 16.5 Å². The second-order valence-electron chi connectivity index (χ2n) is 5.20. The van der Waals surface area contributed by atoms with Gasteiger partial charge in [0.15, 0.2) is 5.82 Å². The van der Waals surface area contributed by atoms with Gasteiger partial charge in [-0.2, -0.15) is 5.26 Å². The summed E-state index contributed by atoms with van der Waals surface area (Å²) in [5.41, 5.74) is 2.08. The van der Waals surface area contributed by atoms with Crippen molar-refractivity contribution in [2.24, 2.45) is 0 Å². The van der Waals surface area contributed by atoms with Crippen molar-refractivity contribution in [2.75, 3.05) is 0 Å². The summed E-state index contributed by atoms with van der Waals surface area (Å²) in [5.74, 6) is 0.309. The molecule has 112 valence electrons. The summed E-state index contributed by atoms with van der Waals surface area (Å²) in [6.45, 7) is 1.90.